The van der Waals surface area contributed by atoms with E-state index in [2.05, 4.69) is 56.5 Å². The second-order valence-electron chi connectivity index (χ2n) is 6.95. The lowest BCUT2D eigenvalue weighted by molar-refractivity contribution is -0.127. The molecule has 2 rings (SSSR count). The van der Waals surface area contributed by atoms with Crippen LogP contribution in [0.4, 0.5) is 0 Å². The van der Waals surface area contributed by atoms with Crippen LogP contribution in [0.5, 0.6) is 0 Å². The molecule has 1 aromatic carbocycles. The first kappa shape index (κ1) is 21.9. The van der Waals surface area contributed by atoms with Crippen molar-refractivity contribution in [1.82, 2.24) is 20.0 Å². The summed E-state index contributed by atoms with van der Waals surface area (Å²) in [5.41, 5.74) is 1.23. The van der Waals surface area contributed by atoms with E-state index in [-0.39, 0.29) is 12.5 Å². The number of hydrogen-bond acceptors (Lipinski definition) is 4. The molecule has 0 aliphatic carbocycles. The fraction of sp³-hybridized carbons (Fsp3) is 0.524. The Morgan fingerprint density at radius 1 is 1.21 bits per heavy atom. The van der Waals surface area contributed by atoms with Crippen molar-refractivity contribution in [3.8, 4) is 0 Å². The molecular formula is C21H33N5O2. The highest BCUT2D eigenvalue weighted by Crippen LogP contribution is 2.05. The maximum Gasteiger partial charge on any atom is 0.243 e. The van der Waals surface area contributed by atoms with E-state index < -0.39 is 0 Å². The minimum absolute atomic E-state index is 0.00396. The third-order valence-electron chi connectivity index (χ3n) is 4.60. The molecule has 1 aromatic rings. The SMILES string of the molecule is COCCNC(=NCC(=O)N(C)C)N1CCN(C/C=C/c2ccccc2)CC1. The van der Waals surface area contributed by atoms with Crippen LogP contribution in [0.3, 0.4) is 0 Å². The highest BCUT2D eigenvalue weighted by Gasteiger charge is 2.19. The van der Waals surface area contributed by atoms with Gasteiger partial charge in [-0.3, -0.25) is 9.69 Å². The number of nitrogens with one attached hydrogen (secondary N) is 1. The van der Waals surface area contributed by atoms with Crippen LogP contribution in [0.25, 0.3) is 6.08 Å². The van der Waals surface area contributed by atoms with E-state index in [1.165, 1.54) is 5.56 Å². The number of aliphatic imine (C=N–C) groups is 1. The van der Waals surface area contributed by atoms with Crippen molar-refractivity contribution in [3.63, 3.8) is 0 Å². The van der Waals surface area contributed by atoms with E-state index in [0.29, 0.717) is 13.2 Å². The molecule has 1 saturated heterocycles. The smallest absolute Gasteiger partial charge is 0.243 e. The molecule has 0 radical (unpaired) electrons. The lowest BCUT2D eigenvalue weighted by Crippen LogP contribution is -2.53. The maximum atomic E-state index is 11.9. The van der Waals surface area contributed by atoms with Gasteiger partial charge in [-0.1, -0.05) is 42.5 Å². The Labute approximate surface area is 168 Å². The third kappa shape index (κ3) is 7.70. The maximum absolute atomic E-state index is 11.9. The number of guanidine groups is 1. The molecule has 0 saturated carbocycles. The molecule has 0 aromatic heterocycles. The summed E-state index contributed by atoms with van der Waals surface area (Å²) in [7, 11) is 5.17. The number of amides is 1. The summed E-state index contributed by atoms with van der Waals surface area (Å²) in [6.45, 7) is 6.06. The molecule has 1 amide bonds. The van der Waals surface area contributed by atoms with Crippen LogP contribution >= 0.6 is 0 Å². The number of nitrogens with zero attached hydrogens (tertiary/aromatic N) is 4. The molecule has 0 bridgehead atoms. The number of likely N-dealkylation sites (N-methyl/N-ethyl adjacent to an activating group) is 1. The molecular weight excluding hydrogens is 354 g/mol. The Kier molecular flexibility index (Phi) is 9.51. The van der Waals surface area contributed by atoms with Gasteiger partial charge >= 0.3 is 0 Å². The van der Waals surface area contributed by atoms with Crippen LogP contribution in [-0.4, -0.2) is 100 Å². The van der Waals surface area contributed by atoms with Gasteiger partial charge in [-0.25, -0.2) is 4.99 Å². The van der Waals surface area contributed by atoms with Crippen molar-refractivity contribution >= 4 is 17.9 Å². The fourth-order valence-electron chi connectivity index (χ4n) is 2.86. The number of ether oxygens (including phenoxy) is 1. The standard InChI is InChI=1S/C21H33N5O2/c1-24(2)20(27)18-23-21(22-11-17-28-3)26-15-13-25(14-16-26)12-7-10-19-8-5-4-6-9-19/h4-10H,11-18H2,1-3H3,(H,22,23)/b10-7+. The summed E-state index contributed by atoms with van der Waals surface area (Å²) in [6.07, 6.45) is 4.38. The quantitative estimate of drug-likeness (QED) is 0.410. The Bertz CT molecular complexity index is 637. The average Bonchev–Trinajstić information content (AvgIpc) is 2.71. The molecule has 28 heavy (non-hydrogen) atoms. The van der Waals surface area contributed by atoms with Crippen molar-refractivity contribution in [3.05, 3.63) is 42.0 Å². The Morgan fingerprint density at radius 2 is 1.93 bits per heavy atom. The van der Waals surface area contributed by atoms with Crippen molar-refractivity contribution in [2.24, 2.45) is 4.99 Å². The molecule has 154 valence electrons. The normalized spacial score (nSPS) is 15.8. The van der Waals surface area contributed by atoms with Crippen LogP contribution in [0.1, 0.15) is 5.56 Å². The molecule has 7 nitrogen and oxygen atoms in total. The van der Waals surface area contributed by atoms with Gasteiger partial charge in [0.25, 0.3) is 0 Å². The predicted octanol–water partition coefficient (Wildman–Crippen LogP) is 0.998. The second-order valence-corrected chi connectivity index (χ2v) is 6.95. The molecule has 7 heteroatoms. The van der Waals surface area contributed by atoms with Gasteiger partial charge in [0, 0.05) is 60.5 Å². The highest BCUT2D eigenvalue weighted by atomic mass is 16.5. The number of methoxy groups -OCH3 is 1. The van der Waals surface area contributed by atoms with Crippen LogP contribution in [0.2, 0.25) is 0 Å². The number of benzene rings is 1. The molecule has 1 aliphatic heterocycles. The van der Waals surface area contributed by atoms with Gasteiger partial charge in [-0.15, -0.1) is 0 Å². The Balaban J connectivity index is 1.84. The van der Waals surface area contributed by atoms with Gasteiger partial charge in [0.2, 0.25) is 5.91 Å². The second kappa shape index (κ2) is 12.2. The first-order valence-electron chi connectivity index (χ1n) is 9.76. The van der Waals surface area contributed by atoms with Crippen LogP contribution in [0.15, 0.2) is 41.4 Å². The summed E-state index contributed by atoms with van der Waals surface area (Å²) in [5, 5.41) is 3.31. The summed E-state index contributed by atoms with van der Waals surface area (Å²) < 4.78 is 5.11. The predicted molar refractivity (Wildman–Crippen MR) is 114 cm³/mol. The van der Waals surface area contributed by atoms with E-state index in [1.807, 2.05) is 6.07 Å². The van der Waals surface area contributed by atoms with Crippen molar-refractivity contribution in [1.29, 1.82) is 0 Å². The average molecular weight is 388 g/mol. The van der Waals surface area contributed by atoms with Gasteiger partial charge in [-0.2, -0.15) is 0 Å². The topological polar surface area (TPSA) is 60.4 Å². The largest absolute Gasteiger partial charge is 0.383 e. The highest BCUT2D eigenvalue weighted by molar-refractivity contribution is 5.84. The fourth-order valence-corrected chi connectivity index (χ4v) is 2.86. The van der Waals surface area contributed by atoms with Gasteiger partial charge in [0.15, 0.2) is 5.96 Å². The summed E-state index contributed by atoms with van der Waals surface area (Å²) in [4.78, 5) is 22.6. The number of rotatable bonds is 8. The molecule has 1 fully saturated rings. The summed E-state index contributed by atoms with van der Waals surface area (Å²) in [6, 6.07) is 10.4. The summed E-state index contributed by atoms with van der Waals surface area (Å²) >= 11 is 0. The van der Waals surface area contributed by atoms with E-state index >= 15 is 0 Å². The van der Waals surface area contributed by atoms with E-state index in [9.17, 15) is 4.79 Å². The van der Waals surface area contributed by atoms with Gasteiger partial charge < -0.3 is 19.9 Å². The first-order valence-corrected chi connectivity index (χ1v) is 9.76. The van der Waals surface area contributed by atoms with Crippen LogP contribution in [-0.2, 0) is 9.53 Å². The molecule has 0 spiro atoms. The minimum Gasteiger partial charge on any atom is -0.383 e. The molecule has 1 aliphatic rings. The lowest BCUT2D eigenvalue weighted by Gasteiger charge is -2.36. The van der Waals surface area contributed by atoms with Crippen molar-refractivity contribution in [2.75, 3.05) is 73.6 Å². The van der Waals surface area contributed by atoms with Gasteiger partial charge in [-0.05, 0) is 5.56 Å². The van der Waals surface area contributed by atoms with Gasteiger partial charge in [0.1, 0.15) is 6.54 Å². The molecule has 0 unspecified atom stereocenters. The Morgan fingerprint density at radius 3 is 2.57 bits per heavy atom. The number of carbonyl (C=O) groups is 1. The Hall–Kier alpha value is -2.38. The van der Waals surface area contributed by atoms with Crippen molar-refractivity contribution < 1.29 is 9.53 Å². The zero-order chi connectivity index (χ0) is 20.2. The molecule has 1 heterocycles. The molecule has 0 atom stereocenters. The minimum atomic E-state index is -0.00396. The zero-order valence-electron chi connectivity index (χ0n) is 17.3. The van der Waals surface area contributed by atoms with Crippen LogP contribution < -0.4 is 5.32 Å². The van der Waals surface area contributed by atoms with E-state index in [1.54, 1.807) is 26.1 Å². The number of hydrogen-bond donors (Lipinski definition) is 1. The number of carbonyl (C=O) groups excluding carboxylic acids is 1. The zero-order valence-corrected chi connectivity index (χ0v) is 17.3. The van der Waals surface area contributed by atoms with Crippen molar-refractivity contribution in [2.45, 2.75) is 0 Å². The lowest BCUT2D eigenvalue weighted by atomic mass is 10.2. The molecule has 1 N–H and O–H groups in total. The first-order chi connectivity index (χ1) is 13.6. The van der Waals surface area contributed by atoms with E-state index in [4.69, 9.17) is 4.74 Å². The van der Waals surface area contributed by atoms with E-state index in [0.717, 1.165) is 38.7 Å². The van der Waals surface area contributed by atoms with Crippen LogP contribution in [0, 0.1) is 0 Å². The number of piperazine rings is 1. The van der Waals surface area contributed by atoms with Gasteiger partial charge in [0.05, 0.1) is 6.61 Å². The monoisotopic (exact) mass is 387 g/mol. The summed E-state index contributed by atoms with van der Waals surface area (Å²) in [5.74, 6) is 0.780. The third-order valence-corrected chi connectivity index (χ3v) is 4.60.